The first-order chi connectivity index (χ1) is 30.0. The Labute approximate surface area is 372 Å². The molecule has 2 aliphatic rings. The van der Waals surface area contributed by atoms with Crippen LogP contribution in [-0.4, -0.2) is 6.29 Å². The number of fused-ring (bicyclic) bond motifs is 6. The molecule has 0 fully saturated rings. The van der Waals surface area contributed by atoms with Gasteiger partial charge in [0.25, 0.3) is 0 Å². The van der Waals surface area contributed by atoms with E-state index in [-0.39, 0.29) is 10.8 Å². The van der Waals surface area contributed by atoms with E-state index in [9.17, 15) is 4.79 Å². The second-order valence-corrected chi connectivity index (χ2v) is 19.7. The Morgan fingerprint density at radius 2 is 0.869 bits per heavy atom. The molecular weight excluding hydrogens is 779 g/mol. The first-order valence-electron chi connectivity index (χ1n) is 23.0. The SMILES string of the molecule is CCCCC1(CCCC)c2ccccc2-c2ccc(N(c3ccc(-c4ccc(-c5ccc(C=O)s5)s4)cc3)c3ccc4c(c3)C(CCCC)(CCCC)c3ccccc3-4)cc21. The van der Waals surface area contributed by atoms with Crippen LogP contribution in [-0.2, 0) is 10.8 Å². The quantitative estimate of drug-likeness (QED) is 0.0803. The number of nitrogens with zero attached hydrogens (tertiary/aromatic N) is 1. The molecule has 7 aromatic rings. The van der Waals surface area contributed by atoms with Crippen molar-refractivity contribution in [2.45, 2.75) is 116 Å². The molecule has 0 bridgehead atoms. The number of carbonyl (C=O) groups excluding carboxylic acids is 1. The third kappa shape index (κ3) is 7.34. The van der Waals surface area contributed by atoms with Crippen LogP contribution in [0.5, 0.6) is 0 Å². The van der Waals surface area contributed by atoms with Crippen LogP contribution in [0.25, 0.3) is 42.4 Å². The third-order valence-corrected chi connectivity index (χ3v) is 16.2. The maximum Gasteiger partial charge on any atom is 0.160 e. The molecule has 0 aliphatic heterocycles. The van der Waals surface area contributed by atoms with Gasteiger partial charge >= 0.3 is 0 Å². The van der Waals surface area contributed by atoms with E-state index in [2.05, 4.69) is 160 Å². The minimum Gasteiger partial charge on any atom is -0.310 e. The van der Waals surface area contributed by atoms with E-state index in [1.54, 1.807) is 22.7 Å². The van der Waals surface area contributed by atoms with Gasteiger partial charge in [-0.2, -0.15) is 0 Å². The second-order valence-electron chi connectivity index (χ2n) is 17.5. The van der Waals surface area contributed by atoms with E-state index in [0.717, 1.165) is 16.0 Å². The van der Waals surface area contributed by atoms with E-state index in [0.29, 0.717) is 0 Å². The molecule has 0 amide bonds. The van der Waals surface area contributed by atoms with E-state index in [4.69, 9.17) is 0 Å². The number of hydrogen-bond acceptors (Lipinski definition) is 4. The highest BCUT2D eigenvalue weighted by molar-refractivity contribution is 7.24. The van der Waals surface area contributed by atoms with Crippen molar-refractivity contribution >= 4 is 46.0 Å². The minimum absolute atomic E-state index is 0.00441. The summed E-state index contributed by atoms with van der Waals surface area (Å²) in [5, 5.41) is 0. The summed E-state index contributed by atoms with van der Waals surface area (Å²) in [5.74, 6) is 0. The molecule has 4 heteroatoms. The van der Waals surface area contributed by atoms with Crippen molar-refractivity contribution < 1.29 is 4.79 Å². The maximum absolute atomic E-state index is 11.4. The molecular formula is C57H59NOS2. The number of anilines is 3. The zero-order valence-corrected chi connectivity index (χ0v) is 38.1. The molecule has 0 unspecified atom stereocenters. The lowest BCUT2D eigenvalue weighted by molar-refractivity contribution is 0.112. The minimum atomic E-state index is 0.00441. The van der Waals surface area contributed by atoms with Crippen molar-refractivity contribution in [1.29, 1.82) is 0 Å². The molecule has 310 valence electrons. The molecule has 0 N–H and O–H groups in total. The highest BCUT2D eigenvalue weighted by Gasteiger charge is 2.44. The summed E-state index contributed by atoms with van der Waals surface area (Å²) in [6.07, 6.45) is 15.3. The van der Waals surface area contributed by atoms with Gasteiger partial charge in [-0.3, -0.25) is 4.79 Å². The standard InChI is InChI=1S/C57H59NOS2/c1-5-9-33-56(34-10-6-2)49-19-15-13-17-45(49)47-28-25-42(37-51(47)56)58(41-23-21-40(22-24-41)53-31-32-55(61-53)54-30-27-44(39-59)60-54)43-26-29-48-46-18-14-16-20-50(46)57(35-11-7-3,36-12-8-4)52(48)38-43/h13-32,37-39H,5-12,33-36H2,1-4H3. The Kier molecular flexibility index (Phi) is 12.0. The summed E-state index contributed by atoms with van der Waals surface area (Å²) in [6.45, 7) is 9.36. The lowest BCUT2D eigenvalue weighted by atomic mass is 9.70. The number of hydrogen-bond donors (Lipinski definition) is 0. The zero-order chi connectivity index (χ0) is 42.0. The lowest BCUT2D eigenvalue weighted by Gasteiger charge is -2.35. The molecule has 2 aromatic heterocycles. The van der Waals surface area contributed by atoms with E-state index < -0.39 is 0 Å². The summed E-state index contributed by atoms with van der Waals surface area (Å²) in [5.41, 5.74) is 16.5. The molecule has 0 atom stereocenters. The fourth-order valence-corrected chi connectivity index (χ4v) is 12.7. The van der Waals surface area contributed by atoms with E-state index >= 15 is 0 Å². The monoisotopic (exact) mass is 837 g/mol. The summed E-state index contributed by atoms with van der Waals surface area (Å²) < 4.78 is 0. The number of rotatable bonds is 18. The van der Waals surface area contributed by atoms with Gasteiger partial charge in [-0.25, -0.2) is 0 Å². The Morgan fingerprint density at radius 3 is 1.34 bits per heavy atom. The molecule has 5 aromatic carbocycles. The molecule has 0 saturated carbocycles. The smallest absolute Gasteiger partial charge is 0.160 e. The highest BCUT2D eigenvalue weighted by atomic mass is 32.1. The third-order valence-electron chi connectivity index (χ3n) is 13.8. The summed E-state index contributed by atoms with van der Waals surface area (Å²) >= 11 is 3.35. The van der Waals surface area contributed by atoms with Crippen LogP contribution >= 0.6 is 22.7 Å². The Bertz CT molecular complexity index is 2510. The van der Waals surface area contributed by atoms with Crippen molar-refractivity contribution in [2.75, 3.05) is 4.90 Å². The summed E-state index contributed by atoms with van der Waals surface area (Å²) in [6, 6.07) is 51.0. The Morgan fingerprint density at radius 1 is 0.443 bits per heavy atom. The van der Waals surface area contributed by atoms with Gasteiger partial charge in [-0.15, -0.1) is 22.7 Å². The number of thiophene rings is 2. The van der Waals surface area contributed by atoms with Crippen molar-refractivity contribution in [2.24, 2.45) is 0 Å². The van der Waals surface area contributed by atoms with Gasteiger partial charge in [0, 0.05) is 42.5 Å². The molecule has 61 heavy (non-hydrogen) atoms. The normalized spacial score (nSPS) is 14.0. The first kappa shape index (κ1) is 41.3. The first-order valence-corrected chi connectivity index (χ1v) is 24.7. The summed E-state index contributed by atoms with van der Waals surface area (Å²) in [7, 11) is 0. The largest absolute Gasteiger partial charge is 0.310 e. The van der Waals surface area contributed by atoms with Crippen LogP contribution in [0, 0.1) is 0 Å². The fraction of sp³-hybridized carbons (Fsp3) is 0.316. The Balaban J connectivity index is 1.20. The number of carbonyl (C=O) groups is 1. The topological polar surface area (TPSA) is 20.3 Å². The van der Waals surface area contributed by atoms with Gasteiger partial charge in [-0.05, 0) is 136 Å². The van der Waals surface area contributed by atoms with E-state index in [1.807, 2.05) is 6.07 Å². The van der Waals surface area contributed by atoms with Crippen molar-refractivity contribution in [1.82, 2.24) is 0 Å². The van der Waals surface area contributed by atoms with Gasteiger partial charge in [0.15, 0.2) is 6.29 Å². The molecule has 2 heterocycles. The average Bonchev–Trinajstić information content (AvgIpc) is 4.10. The predicted octanol–water partition coefficient (Wildman–Crippen LogP) is 17.7. The maximum atomic E-state index is 11.4. The van der Waals surface area contributed by atoms with E-state index in [1.165, 1.54) is 154 Å². The van der Waals surface area contributed by atoms with Crippen molar-refractivity contribution in [3.8, 4) is 42.4 Å². The van der Waals surface area contributed by atoms with Crippen LogP contribution in [0.4, 0.5) is 17.1 Å². The molecule has 0 spiro atoms. The number of benzene rings is 5. The number of unbranched alkanes of at least 4 members (excludes halogenated alkanes) is 4. The fourth-order valence-electron chi connectivity index (χ4n) is 10.8. The van der Waals surface area contributed by atoms with Gasteiger partial charge in [-0.1, -0.05) is 152 Å². The van der Waals surface area contributed by atoms with Gasteiger partial charge in [0.1, 0.15) is 0 Å². The van der Waals surface area contributed by atoms with Gasteiger partial charge in [0.2, 0.25) is 0 Å². The van der Waals surface area contributed by atoms with Crippen LogP contribution < -0.4 is 4.90 Å². The van der Waals surface area contributed by atoms with Crippen LogP contribution in [0.1, 0.15) is 137 Å². The molecule has 9 rings (SSSR count). The van der Waals surface area contributed by atoms with Crippen molar-refractivity contribution in [3.05, 3.63) is 161 Å². The van der Waals surface area contributed by atoms with Gasteiger partial charge in [0.05, 0.1) is 4.88 Å². The van der Waals surface area contributed by atoms with Crippen LogP contribution in [0.2, 0.25) is 0 Å². The van der Waals surface area contributed by atoms with Crippen LogP contribution in [0.3, 0.4) is 0 Å². The second kappa shape index (κ2) is 17.8. The molecule has 2 aliphatic carbocycles. The predicted molar refractivity (Wildman–Crippen MR) is 264 cm³/mol. The number of aldehydes is 1. The Hall–Kier alpha value is -5.03. The molecule has 0 saturated heterocycles. The summed E-state index contributed by atoms with van der Waals surface area (Å²) in [4.78, 5) is 18.3. The zero-order valence-electron chi connectivity index (χ0n) is 36.4. The van der Waals surface area contributed by atoms with Crippen molar-refractivity contribution in [3.63, 3.8) is 0 Å². The average molecular weight is 838 g/mol. The lowest BCUT2D eigenvalue weighted by Crippen LogP contribution is -2.26. The highest BCUT2D eigenvalue weighted by Crippen LogP contribution is 2.58. The molecule has 0 radical (unpaired) electrons. The van der Waals surface area contributed by atoms with Crippen LogP contribution in [0.15, 0.2) is 133 Å². The van der Waals surface area contributed by atoms with Gasteiger partial charge < -0.3 is 4.90 Å². The molecule has 2 nitrogen and oxygen atoms in total.